The molecule has 0 saturated heterocycles. The molecule has 0 nitrogen and oxygen atoms in total. The molecule has 78 valence electrons. The van der Waals surface area contributed by atoms with Gasteiger partial charge in [0, 0.05) is 3.57 Å². The molecule has 0 heterocycles. The van der Waals surface area contributed by atoms with Crippen molar-refractivity contribution in [3.05, 3.63) is 44.8 Å². The van der Waals surface area contributed by atoms with Gasteiger partial charge in [0.2, 0.25) is 0 Å². The molecular formula is C11H6F3I. The van der Waals surface area contributed by atoms with Crippen molar-refractivity contribution in [1.82, 2.24) is 0 Å². The van der Waals surface area contributed by atoms with Crippen LogP contribution in [0.15, 0.2) is 18.2 Å². The summed E-state index contributed by atoms with van der Waals surface area (Å²) < 4.78 is 40.5. The minimum Gasteiger partial charge on any atom is -0.205 e. The topological polar surface area (TPSA) is 0 Å². The van der Waals surface area contributed by atoms with Crippen LogP contribution in [0.1, 0.15) is 5.56 Å². The molecule has 0 unspecified atom stereocenters. The third kappa shape index (κ3) is 1.60. The van der Waals surface area contributed by atoms with E-state index in [0.717, 1.165) is 0 Å². The lowest BCUT2D eigenvalue weighted by Crippen LogP contribution is -1.95. The SMILES string of the molecule is Cc1cc2ccc(I)c(F)c2c(F)c1F. The highest BCUT2D eigenvalue weighted by Gasteiger charge is 2.15. The second-order valence-corrected chi connectivity index (χ2v) is 4.44. The lowest BCUT2D eigenvalue weighted by molar-refractivity contribution is 0.506. The van der Waals surface area contributed by atoms with E-state index in [1.54, 1.807) is 28.7 Å². The van der Waals surface area contributed by atoms with Crippen molar-refractivity contribution in [3.63, 3.8) is 0 Å². The summed E-state index contributed by atoms with van der Waals surface area (Å²) in [5.74, 6) is -2.80. The first-order valence-electron chi connectivity index (χ1n) is 4.24. The fourth-order valence-electron chi connectivity index (χ4n) is 1.49. The zero-order valence-corrected chi connectivity index (χ0v) is 9.90. The molecular weight excluding hydrogens is 316 g/mol. The number of hydrogen-bond donors (Lipinski definition) is 0. The summed E-state index contributed by atoms with van der Waals surface area (Å²) in [6, 6.07) is 4.55. The van der Waals surface area contributed by atoms with Crippen molar-refractivity contribution < 1.29 is 13.2 Å². The summed E-state index contributed by atoms with van der Waals surface area (Å²) >= 11 is 1.75. The Labute approximate surface area is 98.2 Å². The third-order valence-corrected chi connectivity index (χ3v) is 3.09. The van der Waals surface area contributed by atoms with Gasteiger partial charge in [-0.3, -0.25) is 0 Å². The number of halogens is 4. The van der Waals surface area contributed by atoms with Gasteiger partial charge in [-0.2, -0.15) is 0 Å². The molecule has 0 aromatic heterocycles. The van der Waals surface area contributed by atoms with Crippen LogP contribution in [0.25, 0.3) is 10.8 Å². The van der Waals surface area contributed by atoms with E-state index in [0.29, 0.717) is 5.39 Å². The van der Waals surface area contributed by atoms with Gasteiger partial charge in [-0.15, -0.1) is 0 Å². The predicted molar refractivity (Wildman–Crippen MR) is 61.3 cm³/mol. The van der Waals surface area contributed by atoms with Crippen molar-refractivity contribution in [1.29, 1.82) is 0 Å². The van der Waals surface area contributed by atoms with Crippen LogP contribution in [0.4, 0.5) is 13.2 Å². The Bertz CT molecular complexity index is 549. The van der Waals surface area contributed by atoms with Gasteiger partial charge in [0.1, 0.15) is 5.82 Å². The van der Waals surface area contributed by atoms with E-state index in [-0.39, 0.29) is 14.5 Å². The molecule has 0 bridgehead atoms. The fraction of sp³-hybridized carbons (Fsp3) is 0.0909. The zero-order valence-electron chi connectivity index (χ0n) is 7.74. The smallest absolute Gasteiger partial charge is 0.169 e. The summed E-state index contributed by atoms with van der Waals surface area (Å²) in [5, 5.41) is 0.106. The van der Waals surface area contributed by atoms with Crippen LogP contribution in [0.5, 0.6) is 0 Å². The maximum atomic E-state index is 13.6. The summed E-state index contributed by atoms with van der Waals surface area (Å²) in [4.78, 5) is 0. The van der Waals surface area contributed by atoms with Gasteiger partial charge in [-0.1, -0.05) is 6.07 Å². The van der Waals surface area contributed by atoms with Crippen molar-refractivity contribution in [2.75, 3.05) is 0 Å². The number of aryl methyl sites for hydroxylation is 1. The van der Waals surface area contributed by atoms with Gasteiger partial charge in [0.25, 0.3) is 0 Å². The monoisotopic (exact) mass is 322 g/mol. The molecule has 0 radical (unpaired) electrons. The largest absolute Gasteiger partial charge is 0.205 e. The van der Waals surface area contributed by atoms with E-state index in [1.165, 1.54) is 19.1 Å². The molecule has 4 heteroatoms. The van der Waals surface area contributed by atoms with E-state index < -0.39 is 17.5 Å². The van der Waals surface area contributed by atoms with Crippen LogP contribution in [-0.4, -0.2) is 0 Å². The normalized spacial score (nSPS) is 11.0. The minimum atomic E-state index is -1.11. The first-order chi connectivity index (χ1) is 7.02. The molecule has 0 N–H and O–H groups in total. The molecule has 2 aromatic carbocycles. The molecule has 15 heavy (non-hydrogen) atoms. The Morgan fingerprint density at radius 1 is 1.00 bits per heavy atom. The minimum absolute atomic E-state index is 0.181. The van der Waals surface area contributed by atoms with Crippen LogP contribution in [0, 0.1) is 27.9 Å². The van der Waals surface area contributed by atoms with E-state index in [9.17, 15) is 13.2 Å². The second kappa shape index (κ2) is 3.66. The van der Waals surface area contributed by atoms with E-state index in [4.69, 9.17) is 0 Å². The van der Waals surface area contributed by atoms with Gasteiger partial charge in [-0.05, 0) is 52.6 Å². The van der Waals surface area contributed by atoms with Crippen LogP contribution in [0.3, 0.4) is 0 Å². The number of benzene rings is 2. The second-order valence-electron chi connectivity index (χ2n) is 3.28. The van der Waals surface area contributed by atoms with Crippen molar-refractivity contribution >= 4 is 33.4 Å². The first-order valence-corrected chi connectivity index (χ1v) is 5.32. The fourth-order valence-corrected chi connectivity index (χ4v) is 1.94. The average molecular weight is 322 g/mol. The quantitative estimate of drug-likeness (QED) is 0.639. The summed E-state index contributed by atoms with van der Waals surface area (Å²) in [6.07, 6.45) is 0. The van der Waals surface area contributed by atoms with E-state index in [1.807, 2.05) is 0 Å². The molecule has 0 aliphatic rings. The maximum absolute atomic E-state index is 13.6. The molecule has 0 aliphatic carbocycles. The standard InChI is InChI=1S/C11H6F3I/c1-5-4-6-2-3-7(15)10(13)8(6)11(14)9(5)12/h2-4H,1H3. The highest BCUT2D eigenvalue weighted by molar-refractivity contribution is 14.1. The Morgan fingerprint density at radius 2 is 1.67 bits per heavy atom. The van der Waals surface area contributed by atoms with Crippen LogP contribution in [-0.2, 0) is 0 Å². The van der Waals surface area contributed by atoms with Gasteiger partial charge in [-0.25, -0.2) is 13.2 Å². The van der Waals surface area contributed by atoms with Crippen LogP contribution >= 0.6 is 22.6 Å². The van der Waals surface area contributed by atoms with Crippen molar-refractivity contribution in [3.8, 4) is 0 Å². The predicted octanol–water partition coefficient (Wildman–Crippen LogP) is 4.17. The molecule has 0 spiro atoms. The highest BCUT2D eigenvalue weighted by atomic mass is 127. The number of rotatable bonds is 0. The Morgan fingerprint density at radius 3 is 2.33 bits per heavy atom. The van der Waals surface area contributed by atoms with Crippen molar-refractivity contribution in [2.24, 2.45) is 0 Å². The first kappa shape index (κ1) is 10.7. The highest BCUT2D eigenvalue weighted by Crippen LogP contribution is 2.28. The van der Waals surface area contributed by atoms with Crippen molar-refractivity contribution in [2.45, 2.75) is 6.92 Å². The molecule has 0 aliphatic heterocycles. The third-order valence-electron chi connectivity index (χ3n) is 2.26. The van der Waals surface area contributed by atoms with Gasteiger partial charge < -0.3 is 0 Å². The van der Waals surface area contributed by atoms with Gasteiger partial charge >= 0.3 is 0 Å². The van der Waals surface area contributed by atoms with Crippen LogP contribution in [0.2, 0.25) is 0 Å². The summed E-state index contributed by atoms with van der Waals surface area (Å²) in [7, 11) is 0. The van der Waals surface area contributed by atoms with E-state index in [2.05, 4.69) is 0 Å². The molecule has 2 rings (SSSR count). The van der Waals surface area contributed by atoms with Crippen LogP contribution < -0.4 is 0 Å². The van der Waals surface area contributed by atoms with Gasteiger partial charge in [0.15, 0.2) is 11.6 Å². The molecule has 0 amide bonds. The Balaban J connectivity index is 3.00. The molecule has 0 saturated carbocycles. The lowest BCUT2D eigenvalue weighted by atomic mass is 10.1. The average Bonchev–Trinajstić information content (AvgIpc) is 2.20. The van der Waals surface area contributed by atoms with Gasteiger partial charge in [0.05, 0.1) is 5.39 Å². The maximum Gasteiger partial charge on any atom is 0.169 e. The molecule has 2 aromatic rings. The number of fused-ring (bicyclic) bond motifs is 1. The Kier molecular flexibility index (Phi) is 2.62. The summed E-state index contributed by atoms with van der Waals surface area (Å²) in [5.41, 5.74) is 0.181. The lowest BCUT2D eigenvalue weighted by Gasteiger charge is -2.06. The molecule has 0 atom stereocenters. The zero-order chi connectivity index (χ0) is 11.2. The number of hydrogen-bond acceptors (Lipinski definition) is 0. The summed E-state index contributed by atoms with van der Waals surface area (Å²) in [6.45, 7) is 1.45. The Hall–Kier alpha value is -0.780. The molecule has 0 fully saturated rings. The van der Waals surface area contributed by atoms with E-state index >= 15 is 0 Å².